The third-order valence-corrected chi connectivity index (χ3v) is 5.08. The molecule has 2 aromatic carbocycles. The summed E-state index contributed by atoms with van der Waals surface area (Å²) in [5.74, 6) is 0.315. The molecule has 3 N–H and O–H groups in total. The summed E-state index contributed by atoms with van der Waals surface area (Å²) >= 11 is 0. The van der Waals surface area contributed by atoms with E-state index in [0.29, 0.717) is 12.3 Å². The lowest BCUT2D eigenvalue weighted by molar-refractivity contribution is 0.286. The number of aliphatic imine (C=N–C) groups is 1. The Morgan fingerprint density at radius 3 is 2.57 bits per heavy atom. The molecular formula is C21H20N4O3. The first kappa shape index (κ1) is 17.9. The van der Waals surface area contributed by atoms with Crippen LogP contribution in [0, 0.1) is 17.2 Å². The zero-order valence-corrected chi connectivity index (χ0v) is 15.5. The monoisotopic (exact) mass is 376 g/mol. The second-order valence-corrected chi connectivity index (χ2v) is 6.77. The summed E-state index contributed by atoms with van der Waals surface area (Å²) in [6, 6.07) is 14.4. The number of phenols is 2. The number of methoxy groups -OCH3 is 1. The molecule has 0 amide bonds. The van der Waals surface area contributed by atoms with Crippen LogP contribution in [-0.4, -0.2) is 40.8 Å². The van der Waals surface area contributed by atoms with Gasteiger partial charge in [-0.15, -0.1) is 0 Å². The number of ether oxygens (including phenoxy) is 1. The number of phenolic OH excluding ortho intramolecular Hbond substituents is 2. The molecule has 1 saturated heterocycles. The molecule has 2 aliphatic heterocycles. The van der Waals surface area contributed by atoms with E-state index in [9.17, 15) is 15.5 Å². The summed E-state index contributed by atoms with van der Waals surface area (Å²) < 4.78 is 5.24. The van der Waals surface area contributed by atoms with Gasteiger partial charge < -0.3 is 14.9 Å². The standard InChI is InChI=1S/C21H20N4O3/c1-12-19(14-5-8-17(27)18(9-14)28-2)24-21-15(10-22)11-23-25(21)20(12)13-3-6-16(26)7-4-13/h3-9,15,21,23,26-27H,11H2,1-2H3. The van der Waals surface area contributed by atoms with E-state index < -0.39 is 0 Å². The average molecular weight is 376 g/mol. The number of fused-ring (bicyclic) bond motifs is 1. The summed E-state index contributed by atoms with van der Waals surface area (Å²) in [5, 5.41) is 31.1. The number of rotatable bonds is 3. The molecule has 0 aromatic heterocycles. The Bertz CT molecular complexity index is 1020. The third-order valence-electron chi connectivity index (χ3n) is 5.08. The van der Waals surface area contributed by atoms with Crippen LogP contribution in [0.5, 0.6) is 17.2 Å². The van der Waals surface area contributed by atoms with Gasteiger partial charge in [-0.05, 0) is 55.0 Å². The van der Waals surface area contributed by atoms with Crippen LogP contribution in [0.2, 0.25) is 0 Å². The van der Waals surface area contributed by atoms with Crippen molar-refractivity contribution in [1.29, 1.82) is 5.26 Å². The SMILES string of the molecule is COc1cc(C2=NC3C(C#N)CNN3C(c3ccc(O)cc3)=C2C)ccc1O. The highest BCUT2D eigenvalue weighted by Gasteiger charge is 2.40. The topological polar surface area (TPSA) is 101 Å². The van der Waals surface area contributed by atoms with Crippen molar-refractivity contribution in [2.24, 2.45) is 10.9 Å². The molecule has 7 heteroatoms. The minimum Gasteiger partial charge on any atom is -0.508 e. The van der Waals surface area contributed by atoms with Crippen molar-refractivity contribution in [1.82, 2.24) is 10.4 Å². The van der Waals surface area contributed by atoms with E-state index in [1.165, 1.54) is 7.11 Å². The molecule has 28 heavy (non-hydrogen) atoms. The van der Waals surface area contributed by atoms with Crippen LogP contribution in [0.3, 0.4) is 0 Å². The normalized spacial score (nSPS) is 21.2. The highest BCUT2D eigenvalue weighted by Crippen LogP contribution is 2.37. The molecule has 2 atom stereocenters. The number of nitrogens with zero attached hydrogens (tertiary/aromatic N) is 3. The van der Waals surface area contributed by atoms with E-state index in [-0.39, 0.29) is 23.6 Å². The summed E-state index contributed by atoms with van der Waals surface area (Å²) in [6.07, 6.45) is -0.368. The Kier molecular flexibility index (Phi) is 4.41. The fourth-order valence-corrected chi connectivity index (χ4v) is 3.66. The van der Waals surface area contributed by atoms with Gasteiger partial charge in [-0.25, -0.2) is 5.43 Å². The van der Waals surface area contributed by atoms with Gasteiger partial charge in [0.25, 0.3) is 0 Å². The number of nitriles is 1. The molecule has 0 bridgehead atoms. The Morgan fingerprint density at radius 2 is 1.89 bits per heavy atom. The van der Waals surface area contributed by atoms with Gasteiger partial charge in [0.2, 0.25) is 0 Å². The minimum atomic E-state index is -0.368. The largest absolute Gasteiger partial charge is 0.508 e. The first-order valence-corrected chi connectivity index (χ1v) is 8.91. The predicted octanol–water partition coefficient (Wildman–Crippen LogP) is 2.63. The van der Waals surface area contributed by atoms with Crippen LogP contribution in [0.25, 0.3) is 5.70 Å². The lowest BCUT2D eigenvalue weighted by Crippen LogP contribution is -2.40. The van der Waals surface area contributed by atoms with E-state index in [1.807, 2.05) is 24.1 Å². The van der Waals surface area contributed by atoms with Crippen molar-refractivity contribution in [3.05, 3.63) is 59.2 Å². The number of hydrazine groups is 1. The van der Waals surface area contributed by atoms with Crippen molar-refractivity contribution in [3.8, 4) is 23.3 Å². The van der Waals surface area contributed by atoms with Gasteiger partial charge in [-0.1, -0.05) is 0 Å². The molecule has 0 radical (unpaired) electrons. The Balaban J connectivity index is 1.89. The van der Waals surface area contributed by atoms with E-state index in [1.54, 1.807) is 30.3 Å². The fourth-order valence-electron chi connectivity index (χ4n) is 3.66. The lowest BCUT2D eigenvalue weighted by atomic mass is 9.94. The van der Waals surface area contributed by atoms with Crippen LogP contribution >= 0.6 is 0 Å². The second kappa shape index (κ2) is 6.91. The molecule has 0 spiro atoms. The number of benzene rings is 2. The number of nitrogens with one attached hydrogen (secondary N) is 1. The average Bonchev–Trinajstić information content (AvgIpc) is 3.11. The van der Waals surface area contributed by atoms with Gasteiger partial charge in [-0.2, -0.15) is 5.26 Å². The molecule has 2 unspecified atom stereocenters. The van der Waals surface area contributed by atoms with Crippen LogP contribution in [-0.2, 0) is 0 Å². The first-order valence-electron chi connectivity index (χ1n) is 8.91. The summed E-state index contributed by atoms with van der Waals surface area (Å²) in [4.78, 5) is 4.86. The summed E-state index contributed by atoms with van der Waals surface area (Å²) in [5.41, 5.74) is 7.54. The van der Waals surface area contributed by atoms with Crippen molar-refractivity contribution in [2.75, 3.05) is 13.7 Å². The zero-order valence-electron chi connectivity index (χ0n) is 15.5. The highest BCUT2D eigenvalue weighted by molar-refractivity contribution is 6.17. The molecule has 0 saturated carbocycles. The van der Waals surface area contributed by atoms with Gasteiger partial charge in [0.15, 0.2) is 17.7 Å². The van der Waals surface area contributed by atoms with Gasteiger partial charge in [0.05, 0.1) is 24.6 Å². The van der Waals surface area contributed by atoms with Crippen molar-refractivity contribution in [3.63, 3.8) is 0 Å². The summed E-state index contributed by atoms with van der Waals surface area (Å²) in [7, 11) is 1.50. The quantitative estimate of drug-likeness (QED) is 0.761. The number of hydrogen-bond acceptors (Lipinski definition) is 7. The molecule has 2 aliphatic rings. The third kappa shape index (κ3) is 2.84. The molecule has 1 fully saturated rings. The van der Waals surface area contributed by atoms with E-state index in [4.69, 9.17) is 9.73 Å². The van der Waals surface area contributed by atoms with E-state index in [0.717, 1.165) is 28.1 Å². The molecule has 2 aromatic rings. The van der Waals surface area contributed by atoms with Gasteiger partial charge in [-0.3, -0.25) is 10.0 Å². The van der Waals surface area contributed by atoms with E-state index >= 15 is 0 Å². The summed E-state index contributed by atoms with van der Waals surface area (Å²) in [6.45, 7) is 2.48. The Labute approximate surface area is 162 Å². The predicted molar refractivity (Wildman–Crippen MR) is 105 cm³/mol. The van der Waals surface area contributed by atoms with Gasteiger partial charge in [0, 0.05) is 17.7 Å². The fraction of sp³-hybridized carbons (Fsp3) is 0.238. The van der Waals surface area contributed by atoms with Crippen LogP contribution in [0.15, 0.2) is 53.0 Å². The highest BCUT2D eigenvalue weighted by atomic mass is 16.5. The molecule has 4 rings (SSSR count). The maximum absolute atomic E-state index is 9.92. The Hall–Kier alpha value is -3.50. The van der Waals surface area contributed by atoms with Crippen LogP contribution in [0.4, 0.5) is 0 Å². The van der Waals surface area contributed by atoms with Gasteiger partial charge >= 0.3 is 0 Å². The molecular weight excluding hydrogens is 356 g/mol. The molecule has 0 aliphatic carbocycles. The number of hydrogen-bond donors (Lipinski definition) is 3. The molecule has 2 heterocycles. The number of aromatic hydroxyl groups is 2. The number of allylic oxidation sites excluding steroid dienone is 1. The van der Waals surface area contributed by atoms with Crippen LogP contribution in [0.1, 0.15) is 18.1 Å². The van der Waals surface area contributed by atoms with E-state index in [2.05, 4.69) is 11.5 Å². The lowest BCUT2D eigenvalue weighted by Gasteiger charge is -2.34. The minimum absolute atomic E-state index is 0.0575. The van der Waals surface area contributed by atoms with Crippen molar-refractivity contribution < 1.29 is 14.9 Å². The zero-order chi connectivity index (χ0) is 19.8. The van der Waals surface area contributed by atoms with Gasteiger partial charge in [0.1, 0.15) is 11.7 Å². The van der Waals surface area contributed by atoms with Crippen molar-refractivity contribution >= 4 is 11.4 Å². The molecule has 142 valence electrons. The maximum Gasteiger partial charge on any atom is 0.161 e. The smallest absolute Gasteiger partial charge is 0.161 e. The Morgan fingerprint density at radius 1 is 1.18 bits per heavy atom. The van der Waals surface area contributed by atoms with Crippen LogP contribution < -0.4 is 10.2 Å². The molecule has 7 nitrogen and oxygen atoms in total. The second-order valence-electron chi connectivity index (χ2n) is 6.77. The van der Waals surface area contributed by atoms with Crippen molar-refractivity contribution in [2.45, 2.75) is 13.1 Å². The maximum atomic E-state index is 9.92. The first-order chi connectivity index (χ1) is 13.5.